The van der Waals surface area contributed by atoms with Crippen LogP contribution in [0.4, 0.5) is 17.2 Å². The molecule has 3 aromatic rings. The summed E-state index contributed by atoms with van der Waals surface area (Å²) in [6, 6.07) is 11.7. The zero-order valence-corrected chi connectivity index (χ0v) is 15.3. The zero-order valence-electron chi connectivity index (χ0n) is 15.3. The summed E-state index contributed by atoms with van der Waals surface area (Å²) < 4.78 is 21.7. The van der Waals surface area contributed by atoms with Gasteiger partial charge in [-0.2, -0.15) is 4.98 Å². The lowest BCUT2D eigenvalue weighted by Gasteiger charge is -2.19. The van der Waals surface area contributed by atoms with E-state index in [0.717, 1.165) is 0 Å². The maximum absolute atomic E-state index is 11.7. The Kier molecular flexibility index (Phi) is 4.97. The lowest BCUT2D eigenvalue weighted by molar-refractivity contribution is -0.385. The van der Waals surface area contributed by atoms with Gasteiger partial charge in [0.2, 0.25) is 5.82 Å². The van der Waals surface area contributed by atoms with Crippen LogP contribution < -0.4 is 24.3 Å². The average Bonchev–Trinajstić information content (AvgIpc) is 2.74. The Hall–Kier alpha value is -4.08. The summed E-state index contributed by atoms with van der Waals surface area (Å²) in [4.78, 5) is 19.0. The minimum absolute atomic E-state index is 0.00908. The molecular weight excluding hydrogens is 380 g/mol. The van der Waals surface area contributed by atoms with Crippen LogP contribution in [0.1, 0.15) is 0 Å². The largest absolute Gasteiger partial charge is 0.497 e. The van der Waals surface area contributed by atoms with E-state index in [4.69, 9.17) is 18.9 Å². The molecule has 10 heteroatoms. The molecule has 0 saturated carbocycles. The molecule has 148 valence electrons. The number of nitrogens with zero attached hydrogens (tertiary/aromatic N) is 3. The molecular formula is C19H16N4O6. The van der Waals surface area contributed by atoms with Gasteiger partial charge in [0.05, 0.1) is 12.0 Å². The molecule has 0 fully saturated rings. The van der Waals surface area contributed by atoms with E-state index in [1.165, 1.54) is 6.33 Å². The number of methoxy groups -OCH3 is 1. The molecule has 0 aliphatic carbocycles. The maximum atomic E-state index is 11.7. The minimum atomic E-state index is -0.598. The first kappa shape index (κ1) is 18.3. The van der Waals surface area contributed by atoms with Crippen molar-refractivity contribution in [2.45, 2.75) is 0 Å². The van der Waals surface area contributed by atoms with E-state index >= 15 is 0 Å². The standard InChI is InChI=1S/C19H16N4O6/c1-26-13-3-5-14(6-4-13)29-19-17(23(24)25)18(20-11-21-19)22-12-2-7-15-16(10-12)28-9-8-27-15/h2-7,10-11H,8-9H2,1H3,(H,20,21,22). The summed E-state index contributed by atoms with van der Waals surface area (Å²) in [5, 5.41) is 14.6. The van der Waals surface area contributed by atoms with E-state index in [2.05, 4.69) is 15.3 Å². The molecule has 2 aromatic carbocycles. The summed E-state index contributed by atoms with van der Waals surface area (Å²) in [7, 11) is 1.54. The van der Waals surface area contributed by atoms with Crippen molar-refractivity contribution in [3.8, 4) is 28.9 Å². The molecule has 0 bridgehead atoms. The van der Waals surface area contributed by atoms with Gasteiger partial charge in [-0.05, 0) is 36.4 Å². The highest BCUT2D eigenvalue weighted by Crippen LogP contribution is 2.38. The van der Waals surface area contributed by atoms with Gasteiger partial charge >= 0.3 is 11.6 Å². The van der Waals surface area contributed by atoms with Gasteiger partial charge in [-0.1, -0.05) is 0 Å². The molecule has 1 N–H and O–H groups in total. The van der Waals surface area contributed by atoms with Gasteiger partial charge in [0.25, 0.3) is 0 Å². The van der Waals surface area contributed by atoms with Crippen LogP contribution >= 0.6 is 0 Å². The van der Waals surface area contributed by atoms with E-state index in [1.807, 2.05) is 0 Å². The third kappa shape index (κ3) is 3.95. The van der Waals surface area contributed by atoms with Crippen molar-refractivity contribution in [2.75, 3.05) is 25.6 Å². The van der Waals surface area contributed by atoms with Crippen molar-refractivity contribution < 1.29 is 23.9 Å². The van der Waals surface area contributed by atoms with Gasteiger partial charge in [-0.3, -0.25) is 10.1 Å². The lowest BCUT2D eigenvalue weighted by atomic mass is 10.2. The molecule has 29 heavy (non-hydrogen) atoms. The van der Waals surface area contributed by atoms with E-state index in [0.29, 0.717) is 41.9 Å². The number of nitrogens with one attached hydrogen (secondary N) is 1. The summed E-state index contributed by atoms with van der Waals surface area (Å²) in [6.45, 7) is 0.910. The Morgan fingerprint density at radius 3 is 2.48 bits per heavy atom. The second kappa shape index (κ2) is 7.89. The van der Waals surface area contributed by atoms with Gasteiger partial charge in [0.15, 0.2) is 11.5 Å². The highest BCUT2D eigenvalue weighted by molar-refractivity contribution is 5.70. The van der Waals surface area contributed by atoms with E-state index in [9.17, 15) is 10.1 Å². The normalized spacial score (nSPS) is 12.2. The molecule has 0 radical (unpaired) electrons. The van der Waals surface area contributed by atoms with Crippen molar-refractivity contribution in [3.05, 3.63) is 58.9 Å². The second-order valence-corrected chi connectivity index (χ2v) is 5.89. The van der Waals surface area contributed by atoms with Crippen LogP contribution in [0.3, 0.4) is 0 Å². The highest BCUT2D eigenvalue weighted by atomic mass is 16.6. The van der Waals surface area contributed by atoms with Gasteiger partial charge in [0, 0.05) is 11.8 Å². The average molecular weight is 396 g/mol. The van der Waals surface area contributed by atoms with Gasteiger partial charge in [0.1, 0.15) is 31.0 Å². The predicted octanol–water partition coefficient (Wildman–Crippen LogP) is 3.70. The maximum Gasteiger partial charge on any atom is 0.373 e. The second-order valence-electron chi connectivity index (χ2n) is 5.89. The van der Waals surface area contributed by atoms with Crippen LogP contribution in [-0.4, -0.2) is 35.2 Å². The monoisotopic (exact) mass is 396 g/mol. The quantitative estimate of drug-likeness (QED) is 0.491. The number of fused-ring (bicyclic) bond motifs is 1. The summed E-state index contributed by atoms with van der Waals surface area (Å²) in [6.07, 6.45) is 1.19. The number of rotatable bonds is 6. The predicted molar refractivity (Wildman–Crippen MR) is 102 cm³/mol. The van der Waals surface area contributed by atoms with Gasteiger partial charge in [-0.15, -0.1) is 0 Å². The summed E-state index contributed by atoms with van der Waals surface area (Å²) in [5.41, 5.74) is 0.157. The highest BCUT2D eigenvalue weighted by Gasteiger charge is 2.25. The van der Waals surface area contributed by atoms with Crippen LogP contribution in [0.5, 0.6) is 28.9 Å². The fourth-order valence-electron chi connectivity index (χ4n) is 2.71. The summed E-state index contributed by atoms with van der Waals surface area (Å²) >= 11 is 0. The molecule has 0 amide bonds. The first-order chi connectivity index (χ1) is 14.1. The molecule has 10 nitrogen and oxygen atoms in total. The first-order valence-corrected chi connectivity index (χ1v) is 8.62. The molecule has 0 spiro atoms. The smallest absolute Gasteiger partial charge is 0.373 e. The Bertz CT molecular complexity index is 1040. The Morgan fingerprint density at radius 2 is 1.76 bits per heavy atom. The van der Waals surface area contributed by atoms with Crippen molar-refractivity contribution in [3.63, 3.8) is 0 Å². The number of nitro groups is 1. The molecule has 4 rings (SSSR count). The molecule has 0 saturated heterocycles. The fraction of sp³-hybridized carbons (Fsp3) is 0.158. The van der Waals surface area contributed by atoms with Gasteiger partial charge < -0.3 is 24.3 Å². The molecule has 1 aliphatic rings. The van der Waals surface area contributed by atoms with Gasteiger partial charge in [-0.25, -0.2) is 4.98 Å². The SMILES string of the molecule is COc1ccc(Oc2ncnc(Nc3ccc4c(c3)OCCO4)c2[N+](=O)[O-])cc1. The molecule has 0 unspecified atom stereocenters. The number of anilines is 2. The van der Waals surface area contributed by atoms with Crippen molar-refractivity contribution in [2.24, 2.45) is 0 Å². The van der Waals surface area contributed by atoms with Crippen LogP contribution in [0.15, 0.2) is 48.8 Å². The third-order valence-corrected chi connectivity index (χ3v) is 4.05. The minimum Gasteiger partial charge on any atom is -0.497 e. The Morgan fingerprint density at radius 1 is 1.03 bits per heavy atom. The molecule has 1 aromatic heterocycles. The zero-order chi connectivity index (χ0) is 20.2. The summed E-state index contributed by atoms with van der Waals surface area (Å²) in [5.74, 6) is 1.98. The van der Waals surface area contributed by atoms with E-state index in [-0.39, 0.29) is 11.7 Å². The van der Waals surface area contributed by atoms with Crippen LogP contribution in [0.25, 0.3) is 0 Å². The number of hydrogen-bond donors (Lipinski definition) is 1. The van der Waals surface area contributed by atoms with Crippen LogP contribution in [-0.2, 0) is 0 Å². The van der Waals surface area contributed by atoms with Crippen molar-refractivity contribution in [1.82, 2.24) is 9.97 Å². The molecule has 2 heterocycles. The number of hydrogen-bond acceptors (Lipinski definition) is 9. The first-order valence-electron chi connectivity index (χ1n) is 8.62. The number of benzene rings is 2. The molecule has 1 aliphatic heterocycles. The number of ether oxygens (including phenoxy) is 4. The topological polar surface area (TPSA) is 118 Å². The van der Waals surface area contributed by atoms with Crippen LogP contribution in [0.2, 0.25) is 0 Å². The number of aromatic nitrogens is 2. The Balaban J connectivity index is 1.63. The van der Waals surface area contributed by atoms with Crippen molar-refractivity contribution >= 4 is 17.2 Å². The van der Waals surface area contributed by atoms with E-state index < -0.39 is 10.6 Å². The Labute approximate surface area is 165 Å². The van der Waals surface area contributed by atoms with E-state index in [1.54, 1.807) is 49.6 Å². The third-order valence-electron chi connectivity index (χ3n) is 4.05. The van der Waals surface area contributed by atoms with Crippen molar-refractivity contribution in [1.29, 1.82) is 0 Å². The molecule has 0 atom stereocenters. The lowest BCUT2D eigenvalue weighted by Crippen LogP contribution is -2.15. The van der Waals surface area contributed by atoms with Crippen LogP contribution in [0, 0.1) is 10.1 Å². The fourth-order valence-corrected chi connectivity index (χ4v) is 2.71.